The van der Waals surface area contributed by atoms with Gasteiger partial charge in [-0.2, -0.15) is 0 Å². The number of Topliss-reactive ketones (excluding diaryl/α,β-unsaturated/α-hetero) is 1. The molecule has 106 valence electrons. The van der Waals surface area contributed by atoms with E-state index >= 15 is 0 Å². The predicted molar refractivity (Wildman–Crippen MR) is 75.0 cm³/mol. The van der Waals surface area contributed by atoms with Crippen LogP contribution in [0, 0.1) is 17.7 Å². The van der Waals surface area contributed by atoms with Gasteiger partial charge in [0.05, 0.1) is 0 Å². The third-order valence-corrected chi connectivity index (χ3v) is 4.27. The van der Waals surface area contributed by atoms with E-state index in [0.717, 1.165) is 25.7 Å². The highest BCUT2D eigenvalue weighted by molar-refractivity contribution is 5.99. The minimum atomic E-state index is -0.324. The summed E-state index contributed by atoms with van der Waals surface area (Å²) in [7, 11) is 0. The lowest BCUT2D eigenvalue weighted by Gasteiger charge is -2.28. The van der Waals surface area contributed by atoms with E-state index in [1.54, 1.807) is 12.1 Å². The zero-order chi connectivity index (χ0) is 14.1. The first kappa shape index (κ1) is 13.3. The lowest BCUT2D eigenvalue weighted by molar-refractivity contribution is 0.0802. The molecular weight excluding hydrogens is 257 g/mol. The van der Waals surface area contributed by atoms with Crippen LogP contribution in [0.1, 0.15) is 36.2 Å². The van der Waals surface area contributed by atoms with Crippen molar-refractivity contribution >= 4 is 16.8 Å². The molecule has 2 N–H and O–H groups in total. The summed E-state index contributed by atoms with van der Waals surface area (Å²) in [6.45, 7) is 0.533. The first-order valence-electron chi connectivity index (χ1n) is 7.12. The Balaban J connectivity index is 1.91. The van der Waals surface area contributed by atoms with Crippen molar-refractivity contribution < 1.29 is 13.6 Å². The zero-order valence-corrected chi connectivity index (χ0v) is 11.3. The van der Waals surface area contributed by atoms with Crippen LogP contribution in [0.5, 0.6) is 0 Å². The van der Waals surface area contributed by atoms with Crippen molar-refractivity contribution in [2.24, 2.45) is 17.6 Å². The van der Waals surface area contributed by atoms with E-state index in [9.17, 15) is 9.18 Å². The maximum atomic E-state index is 13.2. The van der Waals surface area contributed by atoms with Gasteiger partial charge in [0.1, 0.15) is 11.4 Å². The second-order valence-corrected chi connectivity index (χ2v) is 5.54. The first-order chi connectivity index (χ1) is 9.69. The van der Waals surface area contributed by atoms with Crippen LogP contribution in [0.4, 0.5) is 4.39 Å². The topological polar surface area (TPSA) is 56.2 Å². The summed E-state index contributed by atoms with van der Waals surface area (Å²) in [6.07, 6.45) is 4.06. The monoisotopic (exact) mass is 275 g/mol. The fourth-order valence-corrected chi connectivity index (χ4v) is 3.15. The van der Waals surface area contributed by atoms with Gasteiger partial charge in [-0.25, -0.2) is 4.39 Å². The van der Waals surface area contributed by atoms with Crippen molar-refractivity contribution in [2.75, 3.05) is 6.54 Å². The Labute approximate surface area is 116 Å². The molecule has 1 aromatic carbocycles. The normalized spacial score (nSPS) is 23.1. The van der Waals surface area contributed by atoms with Crippen LogP contribution in [-0.4, -0.2) is 12.3 Å². The van der Waals surface area contributed by atoms with Crippen LogP contribution >= 0.6 is 0 Å². The Morgan fingerprint density at radius 2 is 2.10 bits per heavy atom. The number of halogens is 1. The Kier molecular flexibility index (Phi) is 3.57. The van der Waals surface area contributed by atoms with Crippen molar-refractivity contribution in [1.29, 1.82) is 0 Å². The summed E-state index contributed by atoms with van der Waals surface area (Å²) >= 11 is 0. The van der Waals surface area contributed by atoms with Crippen LogP contribution in [0.15, 0.2) is 28.7 Å². The van der Waals surface area contributed by atoms with Crippen molar-refractivity contribution in [3.63, 3.8) is 0 Å². The number of benzene rings is 1. The molecule has 0 spiro atoms. The van der Waals surface area contributed by atoms with Gasteiger partial charge in [0.15, 0.2) is 5.76 Å². The van der Waals surface area contributed by atoms with E-state index in [1.165, 1.54) is 12.1 Å². The molecule has 1 aliphatic carbocycles. The number of nitrogens with two attached hydrogens (primary N) is 1. The quantitative estimate of drug-likeness (QED) is 0.872. The highest BCUT2D eigenvalue weighted by Crippen LogP contribution is 2.33. The number of carbonyl (C=O) groups is 1. The second kappa shape index (κ2) is 5.37. The summed E-state index contributed by atoms with van der Waals surface area (Å²) in [5.74, 6) is 0.197. The van der Waals surface area contributed by atoms with Crippen LogP contribution < -0.4 is 5.73 Å². The molecule has 0 amide bonds. The molecule has 2 aromatic rings. The van der Waals surface area contributed by atoms with Gasteiger partial charge in [0, 0.05) is 11.3 Å². The molecule has 2 unspecified atom stereocenters. The summed E-state index contributed by atoms with van der Waals surface area (Å²) in [5, 5.41) is 0.633. The highest BCUT2D eigenvalue weighted by Gasteiger charge is 2.32. The molecular formula is C16H18FNO2. The molecule has 3 nitrogen and oxygen atoms in total. The largest absolute Gasteiger partial charge is 0.453 e. The summed E-state index contributed by atoms with van der Waals surface area (Å²) in [4.78, 5) is 12.6. The zero-order valence-electron chi connectivity index (χ0n) is 11.3. The Bertz CT molecular complexity index is 634. The Hall–Kier alpha value is -1.68. The van der Waals surface area contributed by atoms with Gasteiger partial charge in [-0.05, 0) is 49.6 Å². The third kappa shape index (κ3) is 2.36. The van der Waals surface area contributed by atoms with Gasteiger partial charge in [-0.1, -0.05) is 12.8 Å². The molecule has 0 radical (unpaired) electrons. The number of ketones is 1. The number of rotatable bonds is 3. The number of fused-ring (bicyclic) bond motifs is 1. The lowest BCUT2D eigenvalue weighted by atomic mass is 9.76. The molecule has 2 atom stereocenters. The maximum Gasteiger partial charge on any atom is 0.201 e. The Morgan fingerprint density at radius 1 is 1.30 bits per heavy atom. The summed E-state index contributed by atoms with van der Waals surface area (Å²) in [6, 6.07) is 5.92. The molecule has 3 rings (SSSR count). The molecule has 20 heavy (non-hydrogen) atoms. The summed E-state index contributed by atoms with van der Waals surface area (Å²) in [5.41, 5.74) is 6.32. The van der Waals surface area contributed by atoms with E-state index in [1.807, 2.05) is 0 Å². The molecule has 1 saturated carbocycles. The van der Waals surface area contributed by atoms with E-state index < -0.39 is 0 Å². The summed E-state index contributed by atoms with van der Waals surface area (Å²) < 4.78 is 18.7. The fourth-order valence-electron chi connectivity index (χ4n) is 3.15. The minimum Gasteiger partial charge on any atom is -0.453 e. The van der Waals surface area contributed by atoms with Gasteiger partial charge >= 0.3 is 0 Å². The standard InChI is InChI=1S/C16H18FNO2/c17-12-5-6-14-11(7-12)8-15(20-14)16(19)13-4-2-1-3-10(13)9-18/h5-8,10,13H,1-4,9,18H2. The maximum absolute atomic E-state index is 13.2. The first-order valence-corrected chi connectivity index (χ1v) is 7.12. The predicted octanol–water partition coefficient (Wildman–Crippen LogP) is 3.52. The molecule has 1 heterocycles. The number of hydrogen-bond acceptors (Lipinski definition) is 3. The molecule has 0 bridgehead atoms. The number of furan rings is 1. The van der Waals surface area contributed by atoms with Gasteiger partial charge < -0.3 is 10.2 Å². The average molecular weight is 275 g/mol. The SMILES string of the molecule is NCC1CCCCC1C(=O)c1cc2cc(F)ccc2o1. The van der Waals surface area contributed by atoms with Crippen LogP contribution in [0.3, 0.4) is 0 Å². The van der Waals surface area contributed by atoms with Crippen LogP contribution in [-0.2, 0) is 0 Å². The average Bonchev–Trinajstić information content (AvgIpc) is 2.89. The molecule has 1 aromatic heterocycles. The van der Waals surface area contributed by atoms with Crippen LogP contribution in [0.25, 0.3) is 11.0 Å². The number of carbonyl (C=O) groups excluding carboxylic acids is 1. The molecule has 0 saturated heterocycles. The highest BCUT2D eigenvalue weighted by atomic mass is 19.1. The second-order valence-electron chi connectivity index (χ2n) is 5.54. The van der Waals surface area contributed by atoms with E-state index in [0.29, 0.717) is 23.3 Å². The molecule has 1 fully saturated rings. The smallest absolute Gasteiger partial charge is 0.201 e. The van der Waals surface area contributed by atoms with Crippen molar-refractivity contribution in [3.8, 4) is 0 Å². The van der Waals surface area contributed by atoms with Gasteiger partial charge in [0.2, 0.25) is 5.78 Å². The van der Waals surface area contributed by atoms with Crippen molar-refractivity contribution in [1.82, 2.24) is 0 Å². The van der Waals surface area contributed by atoms with Crippen molar-refractivity contribution in [2.45, 2.75) is 25.7 Å². The van der Waals surface area contributed by atoms with E-state index in [2.05, 4.69) is 0 Å². The van der Waals surface area contributed by atoms with Crippen molar-refractivity contribution in [3.05, 3.63) is 35.8 Å². The fraction of sp³-hybridized carbons (Fsp3) is 0.438. The molecule has 1 aliphatic rings. The number of hydrogen-bond donors (Lipinski definition) is 1. The van der Waals surface area contributed by atoms with E-state index in [-0.39, 0.29) is 23.4 Å². The van der Waals surface area contributed by atoms with Gasteiger partial charge in [-0.3, -0.25) is 4.79 Å². The molecule has 4 heteroatoms. The molecule has 0 aliphatic heterocycles. The van der Waals surface area contributed by atoms with E-state index in [4.69, 9.17) is 10.2 Å². The Morgan fingerprint density at radius 3 is 2.90 bits per heavy atom. The minimum absolute atomic E-state index is 0.0109. The van der Waals surface area contributed by atoms with Crippen LogP contribution in [0.2, 0.25) is 0 Å². The third-order valence-electron chi connectivity index (χ3n) is 4.27. The van der Waals surface area contributed by atoms with Gasteiger partial charge in [-0.15, -0.1) is 0 Å². The lowest BCUT2D eigenvalue weighted by Crippen LogP contribution is -2.32. The van der Waals surface area contributed by atoms with Gasteiger partial charge in [0.25, 0.3) is 0 Å².